The number of hydrogen-bond acceptors (Lipinski definition) is 6. The summed E-state index contributed by atoms with van der Waals surface area (Å²) in [6, 6.07) is 13.8. The highest BCUT2D eigenvalue weighted by Gasteiger charge is 2.30. The SMILES string of the molecule is CCN(c1nc(-c2ccccc2)oc1C)S(=O)(=O)c1ccc(C(C)C)c(C(=O)OC)c1. The van der Waals surface area contributed by atoms with Crippen molar-refractivity contribution in [2.75, 3.05) is 18.0 Å². The Morgan fingerprint density at radius 2 is 1.84 bits per heavy atom. The minimum absolute atomic E-state index is 0.0113. The molecule has 7 nitrogen and oxygen atoms in total. The number of aromatic nitrogens is 1. The van der Waals surface area contributed by atoms with Crippen molar-refractivity contribution in [3.8, 4) is 11.5 Å². The number of aryl methyl sites for hydroxylation is 1. The van der Waals surface area contributed by atoms with Crippen LogP contribution >= 0.6 is 0 Å². The maximum atomic E-state index is 13.5. The molecule has 3 aromatic rings. The second-order valence-electron chi connectivity index (χ2n) is 7.33. The fraction of sp³-hybridized carbons (Fsp3) is 0.304. The molecule has 0 spiro atoms. The Balaban J connectivity index is 2.08. The lowest BCUT2D eigenvalue weighted by atomic mass is 9.97. The standard InChI is InChI=1S/C23H26N2O5S/c1-6-25(21-16(4)30-22(24-21)17-10-8-7-9-11-17)31(27,28)18-12-13-19(15(2)3)20(14-18)23(26)29-5/h7-15H,6H2,1-5H3. The Bertz CT molecular complexity index is 1180. The molecule has 0 saturated carbocycles. The summed E-state index contributed by atoms with van der Waals surface area (Å²) in [6.07, 6.45) is 0. The third-order valence-electron chi connectivity index (χ3n) is 4.96. The Hall–Kier alpha value is -3.13. The van der Waals surface area contributed by atoms with Crippen molar-refractivity contribution in [3.63, 3.8) is 0 Å². The summed E-state index contributed by atoms with van der Waals surface area (Å²) in [5.74, 6) is 0.393. The van der Waals surface area contributed by atoms with Crippen LogP contribution in [0.5, 0.6) is 0 Å². The molecule has 0 saturated heterocycles. The van der Waals surface area contributed by atoms with Gasteiger partial charge in [0.1, 0.15) is 5.76 Å². The first-order valence-electron chi connectivity index (χ1n) is 9.98. The van der Waals surface area contributed by atoms with E-state index in [1.807, 2.05) is 44.2 Å². The van der Waals surface area contributed by atoms with Crippen molar-refractivity contribution < 1.29 is 22.4 Å². The van der Waals surface area contributed by atoms with E-state index in [2.05, 4.69) is 4.98 Å². The highest BCUT2D eigenvalue weighted by atomic mass is 32.2. The summed E-state index contributed by atoms with van der Waals surface area (Å²) in [7, 11) is -2.73. The lowest BCUT2D eigenvalue weighted by Gasteiger charge is -2.22. The summed E-state index contributed by atoms with van der Waals surface area (Å²) in [5.41, 5.74) is 1.70. The molecule has 31 heavy (non-hydrogen) atoms. The predicted molar refractivity (Wildman–Crippen MR) is 119 cm³/mol. The fourth-order valence-corrected chi connectivity index (χ4v) is 4.87. The van der Waals surface area contributed by atoms with E-state index in [1.165, 1.54) is 23.5 Å². The zero-order valence-corrected chi connectivity index (χ0v) is 19.1. The van der Waals surface area contributed by atoms with Crippen LogP contribution in [0.4, 0.5) is 5.82 Å². The Kier molecular flexibility index (Phi) is 6.50. The maximum absolute atomic E-state index is 13.5. The number of rotatable bonds is 7. The molecule has 3 rings (SSSR count). The molecule has 0 amide bonds. The largest absolute Gasteiger partial charge is 0.465 e. The molecule has 0 unspecified atom stereocenters. The van der Waals surface area contributed by atoms with Gasteiger partial charge in [0.05, 0.1) is 17.6 Å². The van der Waals surface area contributed by atoms with Gasteiger partial charge in [-0.1, -0.05) is 38.1 Å². The van der Waals surface area contributed by atoms with E-state index in [0.29, 0.717) is 11.7 Å². The maximum Gasteiger partial charge on any atom is 0.338 e. The predicted octanol–water partition coefficient (Wildman–Crippen LogP) is 4.78. The second kappa shape index (κ2) is 8.93. The summed E-state index contributed by atoms with van der Waals surface area (Å²) in [6.45, 7) is 7.39. The van der Waals surface area contributed by atoms with Gasteiger partial charge in [-0.3, -0.25) is 0 Å². The monoisotopic (exact) mass is 442 g/mol. The first kappa shape index (κ1) is 22.6. The molecule has 2 aromatic carbocycles. The van der Waals surface area contributed by atoms with Gasteiger partial charge >= 0.3 is 5.97 Å². The van der Waals surface area contributed by atoms with Crippen LogP contribution in [0.1, 0.15) is 48.4 Å². The first-order valence-corrected chi connectivity index (χ1v) is 11.4. The van der Waals surface area contributed by atoms with E-state index in [4.69, 9.17) is 9.15 Å². The van der Waals surface area contributed by atoms with Gasteiger partial charge in [-0.15, -0.1) is 0 Å². The van der Waals surface area contributed by atoms with Crippen LogP contribution in [0, 0.1) is 6.92 Å². The van der Waals surface area contributed by atoms with Crippen molar-refractivity contribution in [1.29, 1.82) is 0 Å². The van der Waals surface area contributed by atoms with Gasteiger partial charge in [0.25, 0.3) is 10.0 Å². The van der Waals surface area contributed by atoms with E-state index >= 15 is 0 Å². The number of carbonyl (C=O) groups is 1. The van der Waals surface area contributed by atoms with Crippen molar-refractivity contribution in [3.05, 3.63) is 65.4 Å². The lowest BCUT2D eigenvalue weighted by Crippen LogP contribution is -2.32. The number of esters is 1. The summed E-state index contributed by atoms with van der Waals surface area (Å²) < 4.78 is 38.8. The first-order chi connectivity index (χ1) is 14.7. The smallest absolute Gasteiger partial charge is 0.338 e. The van der Waals surface area contributed by atoms with Crippen molar-refractivity contribution >= 4 is 21.8 Å². The number of hydrogen-bond donors (Lipinski definition) is 0. The van der Waals surface area contributed by atoms with Gasteiger partial charge in [0.2, 0.25) is 5.89 Å². The molecule has 0 radical (unpaired) electrons. The normalized spacial score (nSPS) is 11.5. The number of anilines is 1. The summed E-state index contributed by atoms with van der Waals surface area (Å²) in [5, 5.41) is 0. The van der Waals surface area contributed by atoms with Crippen LogP contribution in [-0.2, 0) is 14.8 Å². The molecular formula is C23H26N2O5S. The molecule has 164 valence electrons. The molecule has 0 atom stereocenters. The average Bonchev–Trinajstić information content (AvgIpc) is 3.14. The highest BCUT2D eigenvalue weighted by molar-refractivity contribution is 7.92. The topological polar surface area (TPSA) is 89.7 Å². The summed E-state index contributed by atoms with van der Waals surface area (Å²) in [4.78, 5) is 16.7. The molecular weight excluding hydrogens is 416 g/mol. The summed E-state index contributed by atoms with van der Waals surface area (Å²) >= 11 is 0. The molecule has 8 heteroatoms. The highest BCUT2D eigenvalue weighted by Crippen LogP contribution is 2.32. The number of carbonyl (C=O) groups excluding carboxylic acids is 1. The van der Waals surface area contributed by atoms with Crippen molar-refractivity contribution in [1.82, 2.24) is 4.98 Å². The lowest BCUT2D eigenvalue weighted by molar-refractivity contribution is 0.0598. The molecule has 1 heterocycles. The van der Waals surface area contributed by atoms with Gasteiger partial charge in [-0.05, 0) is 49.6 Å². The second-order valence-corrected chi connectivity index (χ2v) is 9.19. The quantitative estimate of drug-likeness (QED) is 0.490. The number of methoxy groups -OCH3 is 1. The minimum atomic E-state index is -4.00. The van der Waals surface area contributed by atoms with Gasteiger partial charge in [-0.25, -0.2) is 17.5 Å². The fourth-order valence-electron chi connectivity index (χ4n) is 3.37. The molecule has 0 aliphatic carbocycles. The molecule has 0 fully saturated rings. The van der Waals surface area contributed by atoms with Gasteiger partial charge < -0.3 is 9.15 Å². The molecule has 0 aliphatic heterocycles. The van der Waals surface area contributed by atoms with E-state index in [1.54, 1.807) is 19.9 Å². The van der Waals surface area contributed by atoms with Crippen LogP contribution < -0.4 is 4.31 Å². The van der Waals surface area contributed by atoms with E-state index < -0.39 is 16.0 Å². The van der Waals surface area contributed by atoms with Crippen molar-refractivity contribution in [2.24, 2.45) is 0 Å². The minimum Gasteiger partial charge on any atom is -0.465 e. The number of nitrogens with zero attached hydrogens (tertiary/aromatic N) is 2. The Morgan fingerprint density at radius 1 is 1.16 bits per heavy atom. The van der Waals surface area contributed by atoms with Gasteiger partial charge in [-0.2, -0.15) is 4.98 Å². The van der Waals surface area contributed by atoms with E-state index in [0.717, 1.165) is 11.1 Å². The van der Waals surface area contributed by atoms with Gasteiger partial charge in [0.15, 0.2) is 5.82 Å². The third kappa shape index (κ3) is 4.34. The molecule has 0 N–H and O–H groups in total. The number of sulfonamides is 1. The van der Waals surface area contributed by atoms with Gasteiger partial charge in [0, 0.05) is 12.1 Å². The molecule has 0 aliphatic rings. The third-order valence-corrected chi connectivity index (χ3v) is 6.82. The van der Waals surface area contributed by atoms with Crippen LogP contribution in [0.25, 0.3) is 11.5 Å². The van der Waals surface area contributed by atoms with Crippen LogP contribution in [0.2, 0.25) is 0 Å². The van der Waals surface area contributed by atoms with Crippen molar-refractivity contribution in [2.45, 2.75) is 38.5 Å². The van der Waals surface area contributed by atoms with Crippen LogP contribution in [-0.4, -0.2) is 33.0 Å². The molecule has 0 bridgehead atoms. The zero-order chi connectivity index (χ0) is 22.8. The number of oxazole rings is 1. The van der Waals surface area contributed by atoms with E-state index in [-0.39, 0.29) is 28.7 Å². The number of benzene rings is 2. The Labute approximate surface area is 182 Å². The zero-order valence-electron chi connectivity index (χ0n) is 18.2. The van der Waals surface area contributed by atoms with Crippen LogP contribution in [0.15, 0.2) is 57.8 Å². The van der Waals surface area contributed by atoms with Crippen LogP contribution in [0.3, 0.4) is 0 Å². The average molecular weight is 443 g/mol. The van der Waals surface area contributed by atoms with E-state index in [9.17, 15) is 13.2 Å². The Morgan fingerprint density at radius 3 is 2.42 bits per heavy atom. The molecule has 1 aromatic heterocycles. The number of ether oxygens (including phenoxy) is 1.